The molecule has 0 saturated heterocycles. The van der Waals surface area contributed by atoms with Gasteiger partial charge in [-0.15, -0.1) is 0 Å². The van der Waals surface area contributed by atoms with Crippen LogP contribution in [0.25, 0.3) is 21.8 Å². The zero-order chi connectivity index (χ0) is 10.3. The summed E-state index contributed by atoms with van der Waals surface area (Å²) in [4.78, 5) is 4.36. The first-order chi connectivity index (χ1) is 7.34. The van der Waals surface area contributed by atoms with E-state index in [2.05, 4.69) is 4.98 Å². The third-order valence-electron chi connectivity index (χ3n) is 2.51. The van der Waals surface area contributed by atoms with Gasteiger partial charge in [0.1, 0.15) is 0 Å². The smallest absolute Gasteiger partial charge is 0.871 e. The number of hydrogen-bond acceptors (Lipinski definition) is 2. The molecule has 0 aliphatic heterocycles. The normalized spacial score (nSPS) is 10.2. The van der Waals surface area contributed by atoms with E-state index >= 15 is 0 Å². The summed E-state index contributed by atoms with van der Waals surface area (Å²) in [5.74, 6) is -0.0155. The Morgan fingerprint density at radius 2 is 1.62 bits per heavy atom. The molecule has 2 aromatic carbocycles. The maximum atomic E-state index is 11.6. The van der Waals surface area contributed by atoms with E-state index in [0.717, 1.165) is 16.3 Å². The van der Waals surface area contributed by atoms with Crippen molar-refractivity contribution in [2.45, 2.75) is 0 Å². The first-order valence-corrected chi connectivity index (χ1v) is 4.80. The summed E-state index contributed by atoms with van der Waals surface area (Å²) >= 11 is 0. The maximum Gasteiger partial charge on any atom is 1.00 e. The topological polar surface area (TPSA) is 36.0 Å². The molecule has 16 heavy (non-hydrogen) atoms. The van der Waals surface area contributed by atoms with Crippen molar-refractivity contribution in [2.75, 3.05) is 0 Å². The fourth-order valence-corrected chi connectivity index (χ4v) is 1.77. The van der Waals surface area contributed by atoms with E-state index in [4.69, 9.17) is 0 Å². The molecule has 2 nitrogen and oxygen atoms in total. The molecule has 0 bridgehead atoms. The molecule has 3 rings (SSSR count). The largest absolute Gasteiger partial charge is 1.00 e. The Bertz CT molecular complexity index is 652. The molecule has 3 aromatic rings. The molecule has 0 fully saturated rings. The Morgan fingerprint density at radius 1 is 0.875 bits per heavy atom. The molecule has 0 N–H and O–H groups in total. The molecule has 1 heterocycles. The van der Waals surface area contributed by atoms with Gasteiger partial charge < -0.3 is 5.11 Å². The van der Waals surface area contributed by atoms with Gasteiger partial charge in [-0.2, -0.15) is 0 Å². The minimum absolute atomic E-state index is 0. The summed E-state index contributed by atoms with van der Waals surface area (Å²) in [7, 11) is 0. The van der Waals surface area contributed by atoms with E-state index in [9.17, 15) is 5.11 Å². The Hall–Kier alpha value is -1.49. The Kier molecular flexibility index (Phi) is 2.87. The molecular formula is C13H8LiNO. The molecule has 0 amide bonds. The molecule has 0 radical (unpaired) electrons. The van der Waals surface area contributed by atoms with E-state index in [1.165, 1.54) is 0 Å². The van der Waals surface area contributed by atoms with Crippen molar-refractivity contribution >= 4 is 21.8 Å². The van der Waals surface area contributed by atoms with Crippen LogP contribution in [0.4, 0.5) is 0 Å². The summed E-state index contributed by atoms with van der Waals surface area (Å²) in [6.45, 7) is 0. The van der Waals surface area contributed by atoms with Crippen LogP contribution >= 0.6 is 0 Å². The minimum Gasteiger partial charge on any atom is -0.871 e. The number of aromatic nitrogens is 1. The number of rotatable bonds is 0. The SMILES string of the molecule is [Li+].[O-]c1cccc2cc3ccccc3nc12. The second-order valence-electron chi connectivity index (χ2n) is 3.51. The van der Waals surface area contributed by atoms with Crippen LogP contribution in [0.3, 0.4) is 0 Å². The molecule has 0 aliphatic rings. The van der Waals surface area contributed by atoms with E-state index in [0.29, 0.717) is 5.52 Å². The number of hydrogen-bond donors (Lipinski definition) is 0. The number of nitrogens with zero attached hydrogens (tertiary/aromatic N) is 1. The second kappa shape index (κ2) is 4.17. The van der Waals surface area contributed by atoms with Crippen molar-refractivity contribution < 1.29 is 24.0 Å². The van der Waals surface area contributed by atoms with Crippen LogP contribution in [0, 0.1) is 0 Å². The number of fused-ring (bicyclic) bond motifs is 2. The summed E-state index contributed by atoms with van der Waals surface area (Å²) in [6, 6.07) is 15.0. The molecule has 3 heteroatoms. The van der Waals surface area contributed by atoms with Gasteiger partial charge >= 0.3 is 18.9 Å². The fraction of sp³-hybridized carbons (Fsp3) is 0. The average Bonchev–Trinajstić information content (AvgIpc) is 2.27. The van der Waals surface area contributed by atoms with Gasteiger partial charge in [-0.25, -0.2) is 4.98 Å². The second-order valence-corrected chi connectivity index (χ2v) is 3.51. The van der Waals surface area contributed by atoms with Crippen LogP contribution in [0.2, 0.25) is 0 Å². The molecule has 0 atom stereocenters. The molecule has 0 aliphatic carbocycles. The predicted octanol–water partition coefficient (Wildman–Crippen LogP) is -0.534. The van der Waals surface area contributed by atoms with Crippen molar-refractivity contribution in [1.82, 2.24) is 4.98 Å². The van der Waals surface area contributed by atoms with E-state index in [-0.39, 0.29) is 24.6 Å². The van der Waals surface area contributed by atoms with Gasteiger partial charge in [0.05, 0.1) is 11.0 Å². The van der Waals surface area contributed by atoms with Crippen molar-refractivity contribution in [1.29, 1.82) is 0 Å². The maximum absolute atomic E-state index is 11.6. The zero-order valence-corrected chi connectivity index (χ0v) is 8.97. The third kappa shape index (κ3) is 1.67. The van der Waals surface area contributed by atoms with E-state index < -0.39 is 0 Å². The van der Waals surface area contributed by atoms with Gasteiger partial charge in [0, 0.05) is 10.8 Å². The van der Waals surface area contributed by atoms with Gasteiger partial charge in [0.15, 0.2) is 0 Å². The van der Waals surface area contributed by atoms with Gasteiger partial charge in [-0.1, -0.05) is 42.1 Å². The van der Waals surface area contributed by atoms with Crippen LogP contribution < -0.4 is 24.0 Å². The summed E-state index contributed by atoms with van der Waals surface area (Å²) in [5.41, 5.74) is 1.42. The number of pyridine rings is 1. The quantitative estimate of drug-likeness (QED) is 0.362. The fourth-order valence-electron chi connectivity index (χ4n) is 1.77. The summed E-state index contributed by atoms with van der Waals surface area (Å²) in [6.07, 6.45) is 0. The van der Waals surface area contributed by atoms with Crippen molar-refractivity contribution in [2.24, 2.45) is 0 Å². The summed E-state index contributed by atoms with van der Waals surface area (Å²) < 4.78 is 0. The van der Waals surface area contributed by atoms with Crippen LogP contribution in [0.15, 0.2) is 48.5 Å². The van der Waals surface area contributed by atoms with Crippen LogP contribution in [-0.2, 0) is 0 Å². The zero-order valence-electron chi connectivity index (χ0n) is 8.97. The molecule has 1 aromatic heterocycles. The van der Waals surface area contributed by atoms with Gasteiger partial charge in [-0.05, 0) is 12.1 Å². The average molecular weight is 201 g/mol. The van der Waals surface area contributed by atoms with Crippen LogP contribution in [0.1, 0.15) is 0 Å². The molecular weight excluding hydrogens is 193 g/mol. The van der Waals surface area contributed by atoms with Gasteiger partial charge in [0.25, 0.3) is 0 Å². The summed E-state index contributed by atoms with van der Waals surface area (Å²) in [5, 5.41) is 13.5. The van der Waals surface area contributed by atoms with Gasteiger partial charge in [0.2, 0.25) is 0 Å². The van der Waals surface area contributed by atoms with E-state index in [1.54, 1.807) is 12.1 Å². The van der Waals surface area contributed by atoms with Crippen molar-refractivity contribution in [3.63, 3.8) is 0 Å². The van der Waals surface area contributed by atoms with Crippen molar-refractivity contribution in [3.05, 3.63) is 48.5 Å². The molecule has 0 unspecified atom stereocenters. The van der Waals surface area contributed by atoms with Crippen LogP contribution in [0.5, 0.6) is 5.75 Å². The van der Waals surface area contributed by atoms with Gasteiger partial charge in [-0.3, -0.25) is 0 Å². The standard InChI is InChI=1S/C13H9NO.Li/c15-12-7-3-5-10-8-9-4-1-2-6-11(9)14-13(10)12;/h1-8,15H;/q;+1/p-1. The van der Waals surface area contributed by atoms with Crippen LogP contribution in [-0.4, -0.2) is 4.98 Å². The Labute approximate surface area is 105 Å². The Balaban J connectivity index is 0.000000963. The first kappa shape index (κ1) is 11.0. The first-order valence-electron chi connectivity index (χ1n) is 4.80. The predicted molar refractivity (Wildman–Crippen MR) is 58.7 cm³/mol. The van der Waals surface area contributed by atoms with Crippen molar-refractivity contribution in [3.8, 4) is 5.75 Å². The monoisotopic (exact) mass is 201 g/mol. The van der Waals surface area contributed by atoms with E-state index in [1.807, 2.05) is 36.4 Å². The number of para-hydroxylation sites is 2. The third-order valence-corrected chi connectivity index (χ3v) is 2.51. The minimum atomic E-state index is -0.0155. The Morgan fingerprint density at radius 3 is 2.50 bits per heavy atom. The molecule has 0 spiro atoms. The molecule has 0 saturated carbocycles. The number of benzene rings is 2. The molecule has 72 valence electrons.